The summed E-state index contributed by atoms with van der Waals surface area (Å²) in [6.45, 7) is 0.124. The van der Waals surface area contributed by atoms with Crippen molar-refractivity contribution in [3.8, 4) is 11.5 Å². The fourth-order valence-corrected chi connectivity index (χ4v) is 2.06. The van der Waals surface area contributed by atoms with Crippen molar-refractivity contribution in [2.45, 2.75) is 0 Å². The number of carboxylic acid groups (broad SMARTS) is 1. The second kappa shape index (κ2) is 6.47. The molecule has 6 heteroatoms. The minimum Gasteiger partial charge on any atom is -0.478 e. The van der Waals surface area contributed by atoms with Crippen molar-refractivity contribution >= 4 is 11.8 Å². The molecule has 0 aromatic heterocycles. The molecule has 0 saturated heterocycles. The number of carbonyl (C=O) groups excluding carboxylic acids is 1. The molecular weight excluding hydrogens is 300 g/mol. The monoisotopic (exact) mass is 310 g/mol. The van der Waals surface area contributed by atoms with Crippen LogP contribution in [0.3, 0.4) is 0 Å². The third kappa shape index (κ3) is 3.05. The summed E-state index contributed by atoms with van der Waals surface area (Å²) in [5.41, 5.74) is 0.497. The van der Waals surface area contributed by atoms with Gasteiger partial charge in [-0.05, 0) is 24.3 Å². The number of hydrogen-bond donors (Lipinski definition) is 1. The van der Waals surface area contributed by atoms with E-state index in [9.17, 15) is 9.59 Å². The van der Waals surface area contributed by atoms with Gasteiger partial charge in [0.1, 0.15) is 0 Å². The molecule has 108 valence electrons. The zero-order valence-corrected chi connectivity index (χ0v) is 11.4. The summed E-state index contributed by atoms with van der Waals surface area (Å²) >= 11 is 0. The molecule has 0 atom stereocenters. The van der Waals surface area contributed by atoms with Crippen LogP contribution in [0.4, 0.5) is 0 Å². The van der Waals surface area contributed by atoms with E-state index in [2.05, 4.69) is 0 Å². The number of ether oxygens (including phenoxy) is 2. The van der Waals surface area contributed by atoms with E-state index in [-0.39, 0.29) is 61.4 Å². The number of carbonyl (C=O) groups is 2. The van der Waals surface area contributed by atoms with Gasteiger partial charge in [0.15, 0.2) is 17.3 Å². The Hall–Kier alpha value is -1.56. The molecule has 0 aliphatic carbocycles. The molecule has 2 aromatic carbocycles. The Morgan fingerprint density at radius 2 is 1.62 bits per heavy atom. The van der Waals surface area contributed by atoms with Crippen LogP contribution in [0.1, 0.15) is 26.3 Å². The van der Waals surface area contributed by atoms with Crippen molar-refractivity contribution in [1.29, 1.82) is 0 Å². The summed E-state index contributed by atoms with van der Waals surface area (Å²) in [7, 11) is 0. The molecule has 3 rings (SSSR count). The van der Waals surface area contributed by atoms with Gasteiger partial charge in [-0.1, -0.05) is 18.2 Å². The van der Waals surface area contributed by atoms with E-state index in [0.717, 1.165) is 0 Å². The van der Waals surface area contributed by atoms with Gasteiger partial charge < -0.3 is 14.6 Å². The molecule has 1 heterocycles. The maximum Gasteiger partial charge on any atom is 0.336 e. The number of benzene rings is 2. The van der Waals surface area contributed by atoms with Gasteiger partial charge in [-0.25, -0.2) is 4.79 Å². The van der Waals surface area contributed by atoms with Gasteiger partial charge >= 0.3 is 5.97 Å². The zero-order chi connectivity index (χ0) is 14.1. The van der Waals surface area contributed by atoms with E-state index in [1.54, 1.807) is 30.3 Å². The summed E-state index contributed by atoms with van der Waals surface area (Å²) < 4.78 is 10.4. The number of rotatable bonds is 3. The van der Waals surface area contributed by atoms with Crippen LogP contribution in [-0.2, 0) is 0 Å². The van der Waals surface area contributed by atoms with Gasteiger partial charge in [0, 0.05) is 48.9 Å². The first kappa shape index (κ1) is 15.8. The molecule has 0 bridgehead atoms. The normalized spacial score (nSPS) is 11.6. The van der Waals surface area contributed by atoms with Gasteiger partial charge in [0.25, 0.3) is 0 Å². The van der Waals surface area contributed by atoms with Crippen LogP contribution in [0.2, 0.25) is 0 Å². The Morgan fingerprint density at radius 1 is 0.952 bits per heavy atom. The Bertz CT molecular complexity index is 711. The van der Waals surface area contributed by atoms with Gasteiger partial charge in [-0.15, -0.1) is 0 Å². The number of hydrogen-bond acceptors (Lipinski definition) is 4. The number of fused-ring (bicyclic) bond motifs is 1. The van der Waals surface area contributed by atoms with Gasteiger partial charge in [-0.2, -0.15) is 0 Å². The SMILES string of the molecule is O=C(O)c1ccccc1C(=O)c1ccc2c(c1)OCO2.[Ar]. The maximum atomic E-state index is 12.4. The molecule has 5 nitrogen and oxygen atoms in total. The Kier molecular flexibility index (Phi) is 4.88. The summed E-state index contributed by atoms with van der Waals surface area (Å²) in [4.78, 5) is 23.6. The minimum absolute atomic E-state index is 0. The molecule has 1 aliphatic rings. The van der Waals surface area contributed by atoms with E-state index in [1.807, 2.05) is 0 Å². The standard InChI is InChI=1S/C15H10O5.Ar/c16-14(10-3-1-2-4-11(10)15(17)18)9-5-6-12-13(7-9)20-8-19-12;/h1-7H,8H2,(H,17,18);. The third-order valence-electron chi connectivity index (χ3n) is 3.04. The van der Waals surface area contributed by atoms with Gasteiger partial charge in [0.2, 0.25) is 6.79 Å². The van der Waals surface area contributed by atoms with Gasteiger partial charge in [0.05, 0.1) is 5.56 Å². The van der Waals surface area contributed by atoms with Crippen LogP contribution in [-0.4, -0.2) is 23.7 Å². The number of carboxylic acids is 1. The minimum atomic E-state index is -1.13. The average Bonchev–Trinajstić information content (AvgIpc) is 2.93. The molecule has 0 saturated carbocycles. The first-order chi connectivity index (χ1) is 9.66. The Balaban J connectivity index is 0.00000161. The summed E-state index contributed by atoms with van der Waals surface area (Å²) in [6.07, 6.45) is 0. The van der Waals surface area contributed by atoms with Crippen molar-refractivity contribution in [3.05, 3.63) is 59.2 Å². The fraction of sp³-hybridized carbons (Fsp3) is 0.0667. The third-order valence-corrected chi connectivity index (χ3v) is 3.04. The smallest absolute Gasteiger partial charge is 0.336 e. The quantitative estimate of drug-likeness (QED) is 0.881. The van der Waals surface area contributed by atoms with E-state index in [4.69, 9.17) is 14.6 Å². The second-order valence-corrected chi connectivity index (χ2v) is 4.25. The van der Waals surface area contributed by atoms with Crippen LogP contribution in [0.25, 0.3) is 0 Å². The van der Waals surface area contributed by atoms with E-state index >= 15 is 0 Å². The molecule has 0 radical (unpaired) electrons. The van der Waals surface area contributed by atoms with Crippen LogP contribution in [0.5, 0.6) is 11.5 Å². The average molecular weight is 310 g/mol. The molecule has 1 aliphatic heterocycles. The van der Waals surface area contributed by atoms with E-state index < -0.39 is 5.97 Å². The van der Waals surface area contributed by atoms with Crippen molar-refractivity contribution in [3.63, 3.8) is 0 Å². The van der Waals surface area contributed by atoms with E-state index in [1.165, 1.54) is 12.1 Å². The van der Waals surface area contributed by atoms with Crippen molar-refractivity contribution in [2.75, 3.05) is 6.79 Å². The number of aromatic carboxylic acids is 1. The maximum absolute atomic E-state index is 12.4. The Morgan fingerprint density at radius 3 is 2.33 bits per heavy atom. The summed E-state index contributed by atoms with van der Waals surface area (Å²) in [6, 6.07) is 10.9. The zero-order valence-electron chi connectivity index (χ0n) is 10.7. The fourth-order valence-electron chi connectivity index (χ4n) is 2.06. The van der Waals surface area contributed by atoms with Crippen LogP contribution in [0.15, 0.2) is 42.5 Å². The molecule has 21 heavy (non-hydrogen) atoms. The van der Waals surface area contributed by atoms with Crippen molar-refractivity contribution in [1.82, 2.24) is 0 Å². The molecule has 2 aromatic rings. The molecule has 1 N–H and O–H groups in total. The van der Waals surface area contributed by atoms with Crippen LogP contribution in [0, 0.1) is 37.7 Å². The molecule has 0 spiro atoms. The first-order valence-electron chi connectivity index (χ1n) is 5.93. The molecule has 0 unspecified atom stereocenters. The second-order valence-electron chi connectivity index (χ2n) is 4.25. The van der Waals surface area contributed by atoms with Crippen LogP contribution < -0.4 is 9.47 Å². The van der Waals surface area contributed by atoms with E-state index in [0.29, 0.717) is 17.1 Å². The predicted molar refractivity (Wildman–Crippen MR) is 69.4 cm³/mol. The molecule has 0 fully saturated rings. The Labute approximate surface area is 150 Å². The topological polar surface area (TPSA) is 72.8 Å². The number of ketones is 1. The van der Waals surface area contributed by atoms with Crippen molar-refractivity contribution < 1.29 is 61.9 Å². The first-order valence-corrected chi connectivity index (χ1v) is 5.93. The summed E-state index contributed by atoms with van der Waals surface area (Å²) in [5, 5.41) is 9.12. The molecular formula is C15H10ArO5. The predicted octanol–water partition coefficient (Wildman–Crippen LogP) is 2.34. The molecule has 0 amide bonds. The van der Waals surface area contributed by atoms with Crippen LogP contribution >= 0.6 is 0 Å². The summed E-state index contributed by atoms with van der Waals surface area (Å²) in [5.74, 6) is -0.423. The van der Waals surface area contributed by atoms with Gasteiger partial charge in [-0.3, -0.25) is 4.79 Å². The largest absolute Gasteiger partial charge is 0.478 e. The van der Waals surface area contributed by atoms with Crippen molar-refractivity contribution in [2.24, 2.45) is 0 Å².